The van der Waals surface area contributed by atoms with Crippen LogP contribution in [0, 0.1) is 0 Å². The molecule has 0 bridgehead atoms. The first-order chi connectivity index (χ1) is 32.8. The van der Waals surface area contributed by atoms with E-state index in [-0.39, 0.29) is 0 Å². The van der Waals surface area contributed by atoms with Gasteiger partial charge < -0.3 is 0 Å². The SMILES string of the molecule is c1ccc2c(c1)sc1c(-c3c4ccccc4c(-c4ccc(-c5ccc(-c6c7ccccc7c(-c7cccc8c7sc7ccccc78)c7ccccc67)cc5)cc4)c4ccccc34)cccc12. The molecule has 0 nitrogen and oxygen atoms in total. The summed E-state index contributed by atoms with van der Waals surface area (Å²) in [7, 11) is 0. The van der Waals surface area contributed by atoms with Gasteiger partial charge in [0.15, 0.2) is 0 Å². The summed E-state index contributed by atoms with van der Waals surface area (Å²) < 4.78 is 5.34. The monoisotopic (exact) mass is 870 g/mol. The Morgan fingerprint density at radius 3 is 0.773 bits per heavy atom. The number of benzene rings is 12. The third-order valence-electron chi connectivity index (χ3n) is 13.9. The maximum atomic E-state index is 2.32. The van der Waals surface area contributed by atoms with Crippen LogP contribution in [0.25, 0.3) is 139 Å². The summed E-state index contributed by atoms with van der Waals surface area (Å²) in [6.45, 7) is 0. The first-order valence-corrected chi connectivity index (χ1v) is 24.3. The van der Waals surface area contributed by atoms with Crippen LogP contribution in [0.3, 0.4) is 0 Å². The van der Waals surface area contributed by atoms with Crippen molar-refractivity contribution in [2.45, 2.75) is 0 Å². The molecular formula is C64H38S2. The van der Waals surface area contributed by atoms with Crippen LogP contribution in [0.1, 0.15) is 0 Å². The van der Waals surface area contributed by atoms with Gasteiger partial charge in [-0.1, -0.05) is 218 Å². The van der Waals surface area contributed by atoms with Crippen molar-refractivity contribution in [3.8, 4) is 55.6 Å². The molecule has 0 atom stereocenters. The molecule has 2 heterocycles. The van der Waals surface area contributed by atoms with E-state index in [4.69, 9.17) is 0 Å². The molecule has 14 aromatic rings. The van der Waals surface area contributed by atoms with Crippen molar-refractivity contribution in [2.75, 3.05) is 0 Å². The molecule has 0 aliphatic heterocycles. The van der Waals surface area contributed by atoms with Crippen molar-refractivity contribution in [1.29, 1.82) is 0 Å². The fourth-order valence-electron chi connectivity index (χ4n) is 11.0. The van der Waals surface area contributed by atoms with Gasteiger partial charge in [-0.15, -0.1) is 22.7 Å². The molecule has 0 aliphatic rings. The highest BCUT2D eigenvalue weighted by atomic mass is 32.1. The summed E-state index contributed by atoms with van der Waals surface area (Å²) in [5.41, 5.74) is 12.6. The Labute approximate surface area is 389 Å². The molecule has 0 spiro atoms. The van der Waals surface area contributed by atoms with Crippen LogP contribution in [0.4, 0.5) is 0 Å². The lowest BCUT2D eigenvalue weighted by molar-refractivity contribution is 1.60. The molecule has 0 N–H and O–H groups in total. The largest absolute Gasteiger partial charge is 0.135 e. The Kier molecular flexibility index (Phi) is 8.43. The minimum Gasteiger partial charge on any atom is -0.135 e. The lowest BCUT2D eigenvalue weighted by Gasteiger charge is -2.19. The minimum absolute atomic E-state index is 1.20. The first-order valence-electron chi connectivity index (χ1n) is 22.7. The van der Waals surface area contributed by atoms with Gasteiger partial charge in [0.05, 0.1) is 0 Å². The van der Waals surface area contributed by atoms with E-state index in [0.29, 0.717) is 0 Å². The van der Waals surface area contributed by atoms with Crippen LogP contribution in [0.5, 0.6) is 0 Å². The summed E-state index contributed by atoms with van der Waals surface area (Å²) in [6.07, 6.45) is 0. The third-order valence-corrected chi connectivity index (χ3v) is 16.3. The van der Waals surface area contributed by atoms with E-state index in [0.717, 1.165) is 0 Å². The normalized spacial score (nSPS) is 11.9. The van der Waals surface area contributed by atoms with E-state index in [2.05, 4.69) is 231 Å². The van der Waals surface area contributed by atoms with Crippen molar-refractivity contribution < 1.29 is 0 Å². The van der Waals surface area contributed by atoms with E-state index >= 15 is 0 Å². The number of hydrogen-bond donors (Lipinski definition) is 0. The predicted molar refractivity (Wildman–Crippen MR) is 289 cm³/mol. The van der Waals surface area contributed by atoms with Gasteiger partial charge in [0.25, 0.3) is 0 Å². The molecule has 0 radical (unpaired) electrons. The summed E-state index contributed by atoms with van der Waals surface area (Å²) in [5.74, 6) is 0. The van der Waals surface area contributed by atoms with E-state index in [1.165, 1.54) is 139 Å². The molecule has 306 valence electrons. The van der Waals surface area contributed by atoms with Crippen molar-refractivity contribution in [1.82, 2.24) is 0 Å². The van der Waals surface area contributed by atoms with E-state index < -0.39 is 0 Å². The van der Waals surface area contributed by atoms with Gasteiger partial charge in [0.1, 0.15) is 0 Å². The van der Waals surface area contributed by atoms with Gasteiger partial charge in [-0.3, -0.25) is 0 Å². The van der Waals surface area contributed by atoms with Crippen molar-refractivity contribution in [2.24, 2.45) is 0 Å². The van der Waals surface area contributed by atoms with Gasteiger partial charge in [-0.25, -0.2) is 0 Å². The Bertz CT molecular complexity index is 3870. The Morgan fingerprint density at radius 1 is 0.182 bits per heavy atom. The smallest absolute Gasteiger partial charge is 0.0434 e. The molecular weight excluding hydrogens is 833 g/mol. The Balaban J connectivity index is 0.873. The van der Waals surface area contributed by atoms with Crippen LogP contribution >= 0.6 is 22.7 Å². The highest BCUT2D eigenvalue weighted by Crippen LogP contribution is 2.50. The fourth-order valence-corrected chi connectivity index (χ4v) is 13.5. The first kappa shape index (κ1) is 37.5. The van der Waals surface area contributed by atoms with Gasteiger partial charge in [-0.05, 0) is 99.7 Å². The van der Waals surface area contributed by atoms with E-state index in [1.807, 2.05) is 22.7 Å². The van der Waals surface area contributed by atoms with Crippen LogP contribution in [-0.4, -0.2) is 0 Å². The van der Waals surface area contributed by atoms with Gasteiger partial charge in [0.2, 0.25) is 0 Å². The molecule has 0 unspecified atom stereocenters. The molecule has 0 fully saturated rings. The van der Waals surface area contributed by atoms with Crippen LogP contribution in [0.2, 0.25) is 0 Å². The molecule has 0 saturated carbocycles. The third kappa shape index (κ3) is 5.62. The maximum absolute atomic E-state index is 2.32. The quantitative estimate of drug-likeness (QED) is 0.151. The number of fused-ring (bicyclic) bond motifs is 10. The number of rotatable bonds is 5. The summed E-state index contributed by atoms with van der Waals surface area (Å²) in [5, 5.41) is 15.5. The minimum atomic E-state index is 1.20. The number of hydrogen-bond acceptors (Lipinski definition) is 2. The topological polar surface area (TPSA) is 0 Å². The van der Waals surface area contributed by atoms with Gasteiger partial charge >= 0.3 is 0 Å². The van der Waals surface area contributed by atoms with Gasteiger partial charge in [0, 0.05) is 51.5 Å². The average Bonchev–Trinajstić information content (AvgIpc) is 3.97. The predicted octanol–water partition coefficient (Wildman–Crippen LogP) is 19.4. The second-order valence-electron chi connectivity index (χ2n) is 17.4. The van der Waals surface area contributed by atoms with Crippen molar-refractivity contribution >= 4 is 106 Å². The lowest BCUT2D eigenvalue weighted by Crippen LogP contribution is -1.91. The zero-order chi connectivity index (χ0) is 43.3. The summed E-state index contributed by atoms with van der Waals surface area (Å²) in [4.78, 5) is 0. The van der Waals surface area contributed by atoms with Crippen molar-refractivity contribution in [3.05, 3.63) is 231 Å². The Morgan fingerprint density at radius 2 is 0.439 bits per heavy atom. The van der Waals surface area contributed by atoms with Crippen LogP contribution in [0.15, 0.2) is 231 Å². The highest BCUT2D eigenvalue weighted by Gasteiger charge is 2.21. The Hall–Kier alpha value is -7.88. The average molecular weight is 871 g/mol. The molecule has 2 heteroatoms. The molecule has 0 amide bonds. The van der Waals surface area contributed by atoms with Crippen molar-refractivity contribution in [3.63, 3.8) is 0 Å². The molecule has 0 aliphatic carbocycles. The van der Waals surface area contributed by atoms with Gasteiger partial charge in [-0.2, -0.15) is 0 Å². The standard InChI is InChI=1S/C64H38S2/c1-5-21-49-45(17-1)59(46-18-2-6-22-50(46)61(49)55-27-13-25-53-43-15-9-11-29-57(43)65-63(53)55)41-35-31-39(32-36-41)40-33-37-42(38-34-40)60-47-19-3-7-23-51(47)62(52-24-8-4-20-48(52)60)56-28-14-26-54-44-16-10-12-30-58(44)66-64(54)56/h1-38H. The molecule has 14 rings (SSSR count). The zero-order valence-electron chi connectivity index (χ0n) is 35.8. The van der Waals surface area contributed by atoms with Crippen LogP contribution in [-0.2, 0) is 0 Å². The summed E-state index contributed by atoms with van der Waals surface area (Å²) in [6, 6.07) is 85.7. The molecule has 12 aromatic carbocycles. The zero-order valence-corrected chi connectivity index (χ0v) is 37.4. The second kappa shape index (κ2) is 14.8. The van der Waals surface area contributed by atoms with Crippen LogP contribution < -0.4 is 0 Å². The number of thiophene rings is 2. The molecule has 2 aromatic heterocycles. The highest BCUT2D eigenvalue weighted by molar-refractivity contribution is 7.26. The molecule has 66 heavy (non-hydrogen) atoms. The van der Waals surface area contributed by atoms with E-state index in [1.54, 1.807) is 0 Å². The summed E-state index contributed by atoms with van der Waals surface area (Å²) >= 11 is 3.80. The van der Waals surface area contributed by atoms with E-state index in [9.17, 15) is 0 Å². The fraction of sp³-hybridized carbons (Fsp3) is 0. The second-order valence-corrected chi connectivity index (χ2v) is 19.5. The maximum Gasteiger partial charge on any atom is 0.0434 e. The lowest BCUT2D eigenvalue weighted by atomic mass is 9.85. The molecule has 0 saturated heterocycles.